The lowest BCUT2D eigenvalue weighted by Crippen LogP contribution is -2.42. The highest BCUT2D eigenvalue weighted by Crippen LogP contribution is 2.26. The van der Waals surface area contributed by atoms with Gasteiger partial charge in [0.15, 0.2) is 0 Å². The molecular formula is C16H19N3O. The first kappa shape index (κ1) is 12.8. The van der Waals surface area contributed by atoms with Crippen LogP contribution in [0.1, 0.15) is 24.2 Å². The van der Waals surface area contributed by atoms with E-state index in [4.69, 9.17) is 0 Å². The Hall–Kier alpha value is -2.23. The summed E-state index contributed by atoms with van der Waals surface area (Å²) in [6.45, 7) is 5.68. The highest BCUT2D eigenvalue weighted by atomic mass is 16.2. The molecule has 1 atom stereocenters. The van der Waals surface area contributed by atoms with E-state index in [2.05, 4.69) is 29.1 Å². The number of nitrogens with one attached hydrogen (secondary N) is 1. The van der Waals surface area contributed by atoms with Gasteiger partial charge in [-0.25, -0.2) is 4.79 Å². The minimum absolute atomic E-state index is 0.0319. The second-order valence-corrected chi connectivity index (χ2v) is 5.30. The van der Waals surface area contributed by atoms with Crippen LogP contribution in [0.3, 0.4) is 0 Å². The Morgan fingerprint density at radius 2 is 2.10 bits per heavy atom. The Kier molecular flexibility index (Phi) is 3.22. The average Bonchev–Trinajstić information content (AvgIpc) is 2.88. The fourth-order valence-electron chi connectivity index (χ4n) is 2.77. The van der Waals surface area contributed by atoms with Crippen molar-refractivity contribution in [2.45, 2.75) is 26.4 Å². The summed E-state index contributed by atoms with van der Waals surface area (Å²) < 4.78 is 2.21. The topological polar surface area (TPSA) is 37.3 Å². The predicted octanol–water partition coefficient (Wildman–Crippen LogP) is 3.41. The molecule has 2 heterocycles. The van der Waals surface area contributed by atoms with Crippen LogP contribution in [-0.4, -0.2) is 22.0 Å². The smallest absolute Gasteiger partial charge is 0.322 e. The van der Waals surface area contributed by atoms with Crippen molar-refractivity contribution in [3.63, 3.8) is 0 Å². The maximum atomic E-state index is 12.4. The number of aryl methyl sites for hydroxylation is 1. The maximum absolute atomic E-state index is 12.4. The second kappa shape index (κ2) is 5.04. The number of rotatable bonds is 1. The minimum Gasteiger partial charge on any atom is -0.348 e. The summed E-state index contributed by atoms with van der Waals surface area (Å²) in [6.07, 6.45) is 2.07. The van der Waals surface area contributed by atoms with Crippen molar-refractivity contribution in [1.29, 1.82) is 0 Å². The number of anilines is 1. The monoisotopic (exact) mass is 269 g/mol. The lowest BCUT2D eigenvalue weighted by molar-refractivity contribution is 0.175. The molecule has 0 fully saturated rings. The predicted molar refractivity (Wildman–Crippen MR) is 79.8 cm³/mol. The van der Waals surface area contributed by atoms with Crippen molar-refractivity contribution in [2.24, 2.45) is 0 Å². The molecule has 1 aromatic heterocycles. The van der Waals surface area contributed by atoms with Crippen LogP contribution in [0, 0.1) is 6.92 Å². The summed E-state index contributed by atoms with van der Waals surface area (Å²) in [5.41, 5.74) is 3.18. The van der Waals surface area contributed by atoms with Crippen molar-refractivity contribution >= 4 is 11.7 Å². The fourth-order valence-corrected chi connectivity index (χ4v) is 2.77. The largest absolute Gasteiger partial charge is 0.348 e. The van der Waals surface area contributed by atoms with E-state index in [9.17, 15) is 4.79 Å². The van der Waals surface area contributed by atoms with Crippen LogP contribution in [0.25, 0.3) is 0 Å². The average molecular weight is 269 g/mol. The molecule has 3 rings (SSSR count). The summed E-state index contributed by atoms with van der Waals surface area (Å²) >= 11 is 0. The van der Waals surface area contributed by atoms with Gasteiger partial charge in [-0.3, -0.25) is 0 Å². The summed E-state index contributed by atoms with van der Waals surface area (Å²) in [4.78, 5) is 14.3. The summed E-state index contributed by atoms with van der Waals surface area (Å²) in [5, 5.41) is 2.98. The Morgan fingerprint density at radius 3 is 2.90 bits per heavy atom. The molecule has 1 aromatic carbocycles. The molecule has 0 saturated heterocycles. The number of fused-ring (bicyclic) bond motifs is 1. The molecular weight excluding hydrogens is 250 g/mol. The Bertz CT molecular complexity index is 632. The number of carbonyl (C=O) groups is 1. The zero-order chi connectivity index (χ0) is 14.1. The molecule has 0 radical (unpaired) electrons. The molecule has 2 aromatic rings. The Morgan fingerprint density at radius 1 is 1.25 bits per heavy atom. The summed E-state index contributed by atoms with van der Waals surface area (Å²) in [5.74, 6) is 0. The number of aromatic nitrogens is 1. The number of amides is 2. The van der Waals surface area contributed by atoms with Crippen LogP contribution in [0.5, 0.6) is 0 Å². The quantitative estimate of drug-likeness (QED) is 0.846. The molecule has 0 aliphatic carbocycles. The van der Waals surface area contributed by atoms with Gasteiger partial charge in [-0.05, 0) is 43.7 Å². The van der Waals surface area contributed by atoms with Gasteiger partial charge in [-0.15, -0.1) is 0 Å². The van der Waals surface area contributed by atoms with Gasteiger partial charge in [0, 0.05) is 30.7 Å². The van der Waals surface area contributed by atoms with E-state index < -0.39 is 0 Å². The van der Waals surface area contributed by atoms with E-state index in [1.165, 1.54) is 5.69 Å². The number of carbonyl (C=O) groups excluding carboxylic acids is 1. The third-order valence-corrected chi connectivity index (χ3v) is 3.87. The van der Waals surface area contributed by atoms with Gasteiger partial charge in [0.25, 0.3) is 0 Å². The zero-order valence-electron chi connectivity index (χ0n) is 11.8. The molecule has 0 saturated carbocycles. The fraction of sp³-hybridized carbons (Fsp3) is 0.312. The molecule has 4 heteroatoms. The van der Waals surface area contributed by atoms with Crippen molar-refractivity contribution in [3.05, 3.63) is 53.9 Å². The molecule has 0 spiro atoms. The normalized spacial score (nSPS) is 17.7. The Balaban J connectivity index is 1.75. The number of nitrogens with zero attached hydrogens (tertiary/aromatic N) is 2. The van der Waals surface area contributed by atoms with E-state index >= 15 is 0 Å². The highest BCUT2D eigenvalue weighted by Gasteiger charge is 2.27. The lowest BCUT2D eigenvalue weighted by atomic mass is 10.1. The summed E-state index contributed by atoms with van der Waals surface area (Å²) in [6, 6.07) is 12.1. The standard InChI is InChI=1S/C16H19N3O/c1-12-5-3-6-14(11-12)17-16(20)19-10-9-18-8-4-7-15(18)13(19)2/h3-8,11,13H,9-10H2,1-2H3,(H,17,20)/t13-/m0/s1. The first-order chi connectivity index (χ1) is 9.65. The van der Waals surface area contributed by atoms with Crippen molar-refractivity contribution in [1.82, 2.24) is 9.47 Å². The maximum Gasteiger partial charge on any atom is 0.322 e. The first-order valence-corrected chi connectivity index (χ1v) is 6.94. The lowest BCUT2D eigenvalue weighted by Gasteiger charge is -2.34. The van der Waals surface area contributed by atoms with Gasteiger partial charge < -0.3 is 14.8 Å². The molecule has 1 aliphatic rings. The van der Waals surface area contributed by atoms with E-state index in [1.54, 1.807) is 0 Å². The molecule has 2 amide bonds. The molecule has 20 heavy (non-hydrogen) atoms. The van der Waals surface area contributed by atoms with Crippen LogP contribution < -0.4 is 5.32 Å². The number of urea groups is 1. The highest BCUT2D eigenvalue weighted by molar-refractivity contribution is 5.89. The summed E-state index contributed by atoms with van der Waals surface area (Å²) in [7, 11) is 0. The first-order valence-electron chi connectivity index (χ1n) is 6.94. The van der Waals surface area contributed by atoms with Gasteiger partial charge in [0.2, 0.25) is 0 Å². The van der Waals surface area contributed by atoms with Crippen molar-refractivity contribution in [3.8, 4) is 0 Å². The number of hydrogen-bond donors (Lipinski definition) is 1. The van der Waals surface area contributed by atoms with Crippen molar-refractivity contribution in [2.75, 3.05) is 11.9 Å². The second-order valence-electron chi connectivity index (χ2n) is 5.30. The van der Waals surface area contributed by atoms with Gasteiger partial charge in [-0.1, -0.05) is 12.1 Å². The minimum atomic E-state index is -0.0319. The van der Waals surface area contributed by atoms with E-state index in [0.29, 0.717) is 0 Å². The SMILES string of the molecule is Cc1cccc(NC(=O)N2CCn3cccc3[C@@H]2C)c1. The third-order valence-electron chi connectivity index (χ3n) is 3.87. The Labute approximate surface area is 119 Å². The van der Waals surface area contributed by atoms with E-state index in [1.807, 2.05) is 42.2 Å². The molecule has 1 aliphatic heterocycles. The van der Waals surface area contributed by atoms with Gasteiger partial charge in [-0.2, -0.15) is 0 Å². The van der Waals surface area contributed by atoms with Crippen LogP contribution in [0.4, 0.5) is 10.5 Å². The van der Waals surface area contributed by atoms with E-state index in [0.717, 1.165) is 24.3 Å². The van der Waals surface area contributed by atoms with Crippen LogP contribution >= 0.6 is 0 Å². The molecule has 1 N–H and O–H groups in total. The molecule has 0 unspecified atom stereocenters. The van der Waals surface area contributed by atoms with Gasteiger partial charge in [0.1, 0.15) is 0 Å². The van der Waals surface area contributed by atoms with E-state index in [-0.39, 0.29) is 12.1 Å². The van der Waals surface area contributed by atoms with Crippen LogP contribution in [-0.2, 0) is 6.54 Å². The van der Waals surface area contributed by atoms with Crippen LogP contribution in [0.15, 0.2) is 42.6 Å². The van der Waals surface area contributed by atoms with Gasteiger partial charge >= 0.3 is 6.03 Å². The van der Waals surface area contributed by atoms with Crippen LogP contribution in [0.2, 0.25) is 0 Å². The van der Waals surface area contributed by atoms with Crippen molar-refractivity contribution < 1.29 is 4.79 Å². The third kappa shape index (κ3) is 2.29. The molecule has 104 valence electrons. The molecule has 4 nitrogen and oxygen atoms in total. The zero-order valence-corrected chi connectivity index (χ0v) is 11.8. The van der Waals surface area contributed by atoms with Gasteiger partial charge in [0.05, 0.1) is 6.04 Å². The molecule has 0 bridgehead atoms. The number of hydrogen-bond acceptors (Lipinski definition) is 1. The number of benzene rings is 1.